The first kappa shape index (κ1) is 13.5. The Morgan fingerprint density at radius 1 is 1.35 bits per heavy atom. The van der Waals surface area contributed by atoms with Crippen molar-refractivity contribution < 1.29 is 9.47 Å². The molecule has 1 rings (SSSR count). The molecule has 0 fully saturated rings. The molecular weight excluding hydrogens is 220 g/mol. The van der Waals surface area contributed by atoms with Crippen molar-refractivity contribution in [3.63, 3.8) is 0 Å². The standard InChI is InChI=1S/C11H20N4O2/c1-5-17-6-8(2)15-11-9(16-4)10(12-3)13-7-14-11/h7-8H,5-6H2,1-4H3,(H2,12,13,14,15). The fourth-order valence-electron chi connectivity index (χ4n) is 1.42. The SMILES string of the molecule is CCOCC(C)Nc1ncnc(NC)c1OC. The van der Waals surface area contributed by atoms with Crippen LogP contribution in [0.5, 0.6) is 5.75 Å². The van der Waals surface area contributed by atoms with Crippen LogP contribution in [0.2, 0.25) is 0 Å². The zero-order valence-corrected chi connectivity index (χ0v) is 10.8. The molecule has 0 saturated heterocycles. The van der Waals surface area contributed by atoms with Crippen LogP contribution >= 0.6 is 0 Å². The molecule has 0 amide bonds. The molecule has 0 aliphatic rings. The van der Waals surface area contributed by atoms with Crippen LogP contribution in [0.3, 0.4) is 0 Å². The fourth-order valence-corrected chi connectivity index (χ4v) is 1.42. The van der Waals surface area contributed by atoms with Crippen LogP contribution in [0.4, 0.5) is 11.6 Å². The number of anilines is 2. The van der Waals surface area contributed by atoms with E-state index in [9.17, 15) is 0 Å². The molecule has 0 aliphatic carbocycles. The number of aromatic nitrogens is 2. The summed E-state index contributed by atoms with van der Waals surface area (Å²) in [7, 11) is 3.39. The zero-order chi connectivity index (χ0) is 12.7. The molecule has 6 nitrogen and oxygen atoms in total. The van der Waals surface area contributed by atoms with Gasteiger partial charge in [0.15, 0.2) is 11.6 Å². The van der Waals surface area contributed by atoms with Gasteiger partial charge in [-0.1, -0.05) is 0 Å². The highest BCUT2D eigenvalue weighted by atomic mass is 16.5. The second kappa shape index (κ2) is 6.90. The molecule has 0 aromatic carbocycles. The van der Waals surface area contributed by atoms with E-state index in [2.05, 4.69) is 20.6 Å². The Balaban J connectivity index is 2.75. The lowest BCUT2D eigenvalue weighted by atomic mass is 10.3. The van der Waals surface area contributed by atoms with Crippen molar-refractivity contribution in [2.45, 2.75) is 19.9 Å². The van der Waals surface area contributed by atoms with E-state index in [1.807, 2.05) is 13.8 Å². The van der Waals surface area contributed by atoms with Crippen LogP contribution < -0.4 is 15.4 Å². The Morgan fingerprint density at radius 2 is 2.06 bits per heavy atom. The number of nitrogens with one attached hydrogen (secondary N) is 2. The Bertz CT molecular complexity index is 346. The molecular formula is C11H20N4O2. The number of hydrogen-bond acceptors (Lipinski definition) is 6. The van der Waals surface area contributed by atoms with Gasteiger partial charge in [-0.25, -0.2) is 9.97 Å². The van der Waals surface area contributed by atoms with Crippen LogP contribution in [0.25, 0.3) is 0 Å². The smallest absolute Gasteiger partial charge is 0.204 e. The average molecular weight is 240 g/mol. The first-order chi connectivity index (χ1) is 8.22. The molecule has 1 unspecified atom stereocenters. The summed E-state index contributed by atoms with van der Waals surface area (Å²) >= 11 is 0. The third-order valence-corrected chi connectivity index (χ3v) is 2.20. The topological polar surface area (TPSA) is 68.3 Å². The number of nitrogens with zero attached hydrogens (tertiary/aromatic N) is 2. The van der Waals surface area contributed by atoms with Gasteiger partial charge in [-0.2, -0.15) is 0 Å². The zero-order valence-electron chi connectivity index (χ0n) is 10.8. The molecule has 2 N–H and O–H groups in total. The van der Waals surface area contributed by atoms with Gasteiger partial charge in [0.25, 0.3) is 0 Å². The van der Waals surface area contributed by atoms with Crippen molar-refractivity contribution in [3.05, 3.63) is 6.33 Å². The fraction of sp³-hybridized carbons (Fsp3) is 0.636. The van der Waals surface area contributed by atoms with E-state index in [4.69, 9.17) is 9.47 Å². The van der Waals surface area contributed by atoms with E-state index in [0.29, 0.717) is 30.6 Å². The van der Waals surface area contributed by atoms with E-state index in [-0.39, 0.29) is 6.04 Å². The highest BCUT2D eigenvalue weighted by molar-refractivity contribution is 5.63. The Hall–Kier alpha value is -1.56. The summed E-state index contributed by atoms with van der Waals surface area (Å²) < 4.78 is 10.6. The summed E-state index contributed by atoms with van der Waals surface area (Å²) in [5, 5.41) is 6.19. The minimum atomic E-state index is 0.156. The van der Waals surface area contributed by atoms with Crippen molar-refractivity contribution in [1.82, 2.24) is 9.97 Å². The highest BCUT2D eigenvalue weighted by Gasteiger charge is 2.12. The predicted octanol–water partition coefficient (Wildman–Crippen LogP) is 1.36. The van der Waals surface area contributed by atoms with Gasteiger partial charge in [0.1, 0.15) is 6.33 Å². The van der Waals surface area contributed by atoms with Crippen molar-refractivity contribution in [1.29, 1.82) is 0 Å². The van der Waals surface area contributed by atoms with Crippen LogP contribution in [-0.4, -0.2) is 43.4 Å². The van der Waals surface area contributed by atoms with Crippen molar-refractivity contribution in [3.8, 4) is 5.75 Å². The normalized spacial score (nSPS) is 12.0. The second-order valence-electron chi connectivity index (χ2n) is 3.56. The van der Waals surface area contributed by atoms with Gasteiger partial charge < -0.3 is 20.1 Å². The van der Waals surface area contributed by atoms with Crippen molar-refractivity contribution in [2.24, 2.45) is 0 Å². The molecule has 96 valence electrons. The lowest BCUT2D eigenvalue weighted by Gasteiger charge is -2.17. The van der Waals surface area contributed by atoms with Gasteiger partial charge in [-0.05, 0) is 13.8 Å². The van der Waals surface area contributed by atoms with E-state index in [1.54, 1.807) is 14.2 Å². The summed E-state index contributed by atoms with van der Waals surface area (Å²) in [4.78, 5) is 8.24. The van der Waals surface area contributed by atoms with Crippen LogP contribution in [0.15, 0.2) is 6.33 Å². The van der Waals surface area contributed by atoms with E-state index >= 15 is 0 Å². The minimum Gasteiger partial charge on any atom is -0.490 e. The first-order valence-electron chi connectivity index (χ1n) is 5.63. The molecule has 1 aromatic rings. The minimum absolute atomic E-state index is 0.156. The maximum Gasteiger partial charge on any atom is 0.204 e. The molecule has 1 atom stereocenters. The van der Waals surface area contributed by atoms with Crippen LogP contribution in [-0.2, 0) is 4.74 Å². The van der Waals surface area contributed by atoms with Crippen LogP contribution in [0, 0.1) is 0 Å². The predicted molar refractivity (Wildman–Crippen MR) is 67.7 cm³/mol. The van der Waals surface area contributed by atoms with Crippen molar-refractivity contribution >= 4 is 11.6 Å². The van der Waals surface area contributed by atoms with Gasteiger partial charge >= 0.3 is 0 Å². The lowest BCUT2D eigenvalue weighted by Crippen LogP contribution is -2.23. The van der Waals surface area contributed by atoms with Crippen molar-refractivity contribution in [2.75, 3.05) is 38.0 Å². The van der Waals surface area contributed by atoms with Gasteiger partial charge in [0, 0.05) is 19.7 Å². The average Bonchev–Trinajstić information content (AvgIpc) is 2.35. The van der Waals surface area contributed by atoms with Gasteiger partial charge in [-0.15, -0.1) is 0 Å². The van der Waals surface area contributed by atoms with E-state index < -0.39 is 0 Å². The third kappa shape index (κ3) is 3.74. The van der Waals surface area contributed by atoms with Gasteiger partial charge in [0.2, 0.25) is 5.75 Å². The van der Waals surface area contributed by atoms with E-state index in [0.717, 1.165) is 0 Å². The molecule has 1 heterocycles. The quantitative estimate of drug-likeness (QED) is 0.750. The largest absolute Gasteiger partial charge is 0.490 e. The third-order valence-electron chi connectivity index (χ3n) is 2.20. The molecule has 0 saturated carbocycles. The van der Waals surface area contributed by atoms with E-state index in [1.165, 1.54) is 6.33 Å². The molecule has 17 heavy (non-hydrogen) atoms. The van der Waals surface area contributed by atoms with Gasteiger partial charge in [0.05, 0.1) is 13.7 Å². The monoisotopic (exact) mass is 240 g/mol. The van der Waals surface area contributed by atoms with Crippen LogP contribution in [0.1, 0.15) is 13.8 Å². The maximum atomic E-state index is 5.34. The summed E-state index contributed by atoms with van der Waals surface area (Å²) in [6.45, 7) is 5.32. The summed E-state index contributed by atoms with van der Waals surface area (Å²) in [6, 6.07) is 0.156. The molecule has 0 spiro atoms. The number of rotatable bonds is 7. The molecule has 0 bridgehead atoms. The molecule has 6 heteroatoms. The lowest BCUT2D eigenvalue weighted by molar-refractivity contribution is 0.141. The number of hydrogen-bond donors (Lipinski definition) is 2. The summed E-state index contributed by atoms with van der Waals surface area (Å²) in [5.41, 5.74) is 0. The Kier molecular flexibility index (Phi) is 5.48. The highest BCUT2D eigenvalue weighted by Crippen LogP contribution is 2.28. The molecule has 0 aliphatic heterocycles. The summed E-state index contributed by atoms with van der Waals surface area (Å²) in [6.07, 6.45) is 1.49. The molecule has 1 aromatic heterocycles. The number of methoxy groups -OCH3 is 1. The first-order valence-corrected chi connectivity index (χ1v) is 5.63. The second-order valence-corrected chi connectivity index (χ2v) is 3.56. The summed E-state index contributed by atoms with van der Waals surface area (Å²) in [5.74, 6) is 1.94. The molecule has 0 radical (unpaired) electrons. The van der Waals surface area contributed by atoms with Gasteiger partial charge in [-0.3, -0.25) is 0 Å². The maximum absolute atomic E-state index is 5.34. The number of ether oxygens (including phenoxy) is 2. The Morgan fingerprint density at radius 3 is 2.65 bits per heavy atom. The Labute approximate surface area is 102 Å².